The molecule has 4 heteroatoms. The molecule has 16 heavy (non-hydrogen) atoms. The largest absolute Gasteiger partial charge is 0.386 e. The topological polar surface area (TPSA) is 41.5 Å². The van der Waals surface area contributed by atoms with E-state index in [1.807, 2.05) is 17.5 Å². The molecule has 0 bridgehead atoms. The van der Waals surface area contributed by atoms with Crippen LogP contribution in [0.25, 0.3) is 0 Å². The molecule has 1 saturated heterocycles. The van der Waals surface area contributed by atoms with E-state index in [2.05, 4.69) is 12.2 Å². The van der Waals surface area contributed by atoms with Gasteiger partial charge in [0.15, 0.2) is 0 Å². The second-order valence-corrected chi connectivity index (χ2v) is 5.33. The van der Waals surface area contributed by atoms with Crippen LogP contribution >= 0.6 is 11.3 Å². The lowest BCUT2D eigenvalue weighted by atomic mass is 10.0. The molecule has 1 aromatic heterocycles. The molecule has 90 valence electrons. The van der Waals surface area contributed by atoms with Gasteiger partial charge in [-0.25, -0.2) is 0 Å². The molecule has 0 aliphatic carbocycles. The number of hydrogen-bond acceptors (Lipinski definition) is 4. The van der Waals surface area contributed by atoms with Crippen LogP contribution in [0.4, 0.5) is 0 Å². The third kappa shape index (κ3) is 3.04. The Bertz CT molecular complexity index is 296. The second-order valence-electron chi connectivity index (χ2n) is 4.35. The van der Waals surface area contributed by atoms with Gasteiger partial charge in [0.25, 0.3) is 0 Å². The molecule has 2 heterocycles. The van der Waals surface area contributed by atoms with Crippen molar-refractivity contribution >= 4 is 11.3 Å². The van der Waals surface area contributed by atoms with Gasteiger partial charge >= 0.3 is 0 Å². The van der Waals surface area contributed by atoms with Crippen LogP contribution in [0, 0.1) is 5.92 Å². The molecule has 2 rings (SSSR count). The van der Waals surface area contributed by atoms with Crippen LogP contribution in [-0.4, -0.2) is 30.9 Å². The summed E-state index contributed by atoms with van der Waals surface area (Å²) in [5.41, 5.74) is 0. The Morgan fingerprint density at radius 3 is 3.19 bits per heavy atom. The maximum Gasteiger partial charge on any atom is 0.101 e. The maximum absolute atomic E-state index is 9.92. The van der Waals surface area contributed by atoms with Gasteiger partial charge in [0, 0.05) is 24.1 Å². The number of hydrogen-bond donors (Lipinski definition) is 2. The van der Waals surface area contributed by atoms with Gasteiger partial charge in [-0.2, -0.15) is 0 Å². The third-order valence-corrected chi connectivity index (χ3v) is 4.15. The summed E-state index contributed by atoms with van der Waals surface area (Å²) in [4.78, 5) is 1.03. The van der Waals surface area contributed by atoms with Gasteiger partial charge < -0.3 is 15.2 Å². The molecule has 3 unspecified atom stereocenters. The Morgan fingerprint density at radius 2 is 2.56 bits per heavy atom. The van der Waals surface area contributed by atoms with E-state index in [1.165, 1.54) is 0 Å². The predicted molar refractivity (Wildman–Crippen MR) is 65.7 cm³/mol. The summed E-state index contributed by atoms with van der Waals surface area (Å²) in [5.74, 6) is 0.593. The van der Waals surface area contributed by atoms with E-state index in [0.717, 1.165) is 24.5 Å². The molecule has 0 aromatic carbocycles. The van der Waals surface area contributed by atoms with Gasteiger partial charge in [0.1, 0.15) is 6.10 Å². The highest BCUT2D eigenvalue weighted by Gasteiger charge is 2.22. The third-order valence-electron chi connectivity index (χ3n) is 3.18. The quantitative estimate of drug-likeness (QED) is 0.826. The maximum atomic E-state index is 9.92. The van der Waals surface area contributed by atoms with Crippen LogP contribution in [0.2, 0.25) is 0 Å². The van der Waals surface area contributed by atoms with Gasteiger partial charge in [-0.15, -0.1) is 11.3 Å². The lowest BCUT2D eigenvalue weighted by molar-refractivity contribution is 0.158. The fourth-order valence-electron chi connectivity index (χ4n) is 1.99. The summed E-state index contributed by atoms with van der Waals surface area (Å²) >= 11 is 1.60. The van der Waals surface area contributed by atoms with E-state index in [9.17, 15) is 5.11 Å². The number of ether oxygens (including phenoxy) is 1. The first-order chi connectivity index (χ1) is 7.77. The fraction of sp³-hybridized carbons (Fsp3) is 0.667. The minimum absolute atomic E-state index is 0.384. The van der Waals surface area contributed by atoms with Crippen molar-refractivity contribution in [2.45, 2.75) is 25.5 Å². The zero-order valence-corrected chi connectivity index (χ0v) is 10.4. The molecule has 2 N–H and O–H groups in total. The van der Waals surface area contributed by atoms with E-state index in [0.29, 0.717) is 18.5 Å². The summed E-state index contributed by atoms with van der Waals surface area (Å²) in [7, 11) is 0. The molecular weight excluding hydrogens is 222 g/mol. The highest BCUT2D eigenvalue weighted by atomic mass is 32.1. The number of nitrogens with one attached hydrogen (secondary N) is 1. The molecule has 0 amide bonds. The smallest absolute Gasteiger partial charge is 0.101 e. The number of rotatable bonds is 5. The summed E-state index contributed by atoms with van der Waals surface area (Å²) in [6, 6.07) is 4.36. The van der Waals surface area contributed by atoms with Crippen LogP contribution in [0.1, 0.15) is 24.3 Å². The molecule has 0 radical (unpaired) electrons. The van der Waals surface area contributed by atoms with E-state index >= 15 is 0 Å². The zero-order valence-electron chi connectivity index (χ0n) is 9.56. The molecule has 3 atom stereocenters. The normalized spacial score (nSPS) is 24.5. The molecule has 1 fully saturated rings. The molecule has 1 aliphatic heterocycles. The molecule has 1 aromatic rings. The van der Waals surface area contributed by atoms with Crippen molar-refractivity contribution in [2.24, 2.45) is 5.92 Å². The fourth-order valence-corrected chi connectivity index (χ4v) is 2.70. The summed E-state index contributed by atoms with van der Waals surface area (Å²) < 4.78 is 5.36. The lowest BCUT2D eigenvalue weighted by Crippen LogP contribution is -2.36. The minimum Gasteiger partial charge on any atom is -0.386 e. The Balaban J connectivity index is 1.74. The molecule has 1 aliphatic rings. The average Bonchev–Trinajstić information content (AvgIpc) is 2.95. The number of aliphatic hydroxyl groups excluding tert-OH is 1. The van der Waals surface area contributed by atoms with Crippen molar-refractivity contribution in [1.29, 1.82) is 0 Å². The summed E-state index contributed by atoms with van der Waals surface area (Å²) in [6.07, 6.45) is 0.744. The van der Waals surface area contributed by atoms with Crippen molar-refractivity contribution in [1.82, 2.24) is 5.32 Å². The van der Waals surface area contributed by atoms with E-state index < -0.39 is 0 Å². The highest BCUT2D eigenvalue weighted by Crippen LogP contribution is 2.20. The predicted octanol–water partition coefficient (Wildman–Crippen LogP) is 1.80. The minimum atomic E-state index is -0.384. The SMILES string of the molecule is CC(NCC(O)c1cccs1)C1CCOC1. The van der Waals surface area contributed by atoms with E-state index in [4.69, 9.17) is 4.74 Å². The van der Waals surface area contributed by atoms with Crippen LogP contribution in [0.15, 0.2) is 17.5 Å². The van der Waals surface area contributed by atoms with Crippen molar-refractivity contribution in [2.75, 3.05) is 19.8 Å². The van der Waals surface area contributed by atoms with Gasteiger partial charge in [0.2, 0.25) is 0 Å². The van der Waals surface area contributed by atoms with Crippen molar-refractivity contribution in [3.05, 3.63) is 22.4 Å². The number of aliphatic hydroxyl groups is 1. The van der Waals surface area contributed by atoms with Crippen molar-refractivity contribution in [3.8, 4) is 0 Å². The molecule has 3 nitrogen and oxygen atoms in total. The van der Waals surface area contributed by atoms with Crippen molar-refractivity contribution < 1.29 is 9.84 Å². The van der Waals surface area contributed by atoms with Crippen LogP contribution in [-0.2, 0) is 4.74 Å². The number of thiophene rings is 1. The average molecular weight is 241 g/mol. The van der Waals surface area contributed by atoms with Crippen LogP contribution in [0.5, 0.6) is 0 Å². The lowest BCUT2D eigenvalue weighted by Gasteiger charge is -2.20. The van der Waals surface area contributed by atoms with Gasteiger partial charge in [-0.05, 0) is 30.7 Å². The first-order valence-electron chi connectivity index (χ1n) is 5.80. The monoisotopic (exact) mass is 241 g/mol. The van der Waals surface area contributed by atoms with E-state index in [1.54, 1.807) is 11.3 Å². The zero-order chi connectivity index (χ0) is 11.4. The Kier molecular flexibility index (Phi) is 4.35. The Hall–Kier alpha value is -0.420. The van der Waals surface area contributed by atoms with Gasteiger partial charge in [0.05, 0.1) is 6.61 Å². The first kappa shape index (κ1) is 12.0. The first-order valence-corrected chi connectivity index (χ1v) is 6.68. The second kappa shape index (κ2) is 5.77. The Morgan fingerprint density at radius 1 is 1.69 bits per heavy atom. The molecular formula is C12H19NO2S. The highest BCUT2D eigenvalue weighted by molar-refractivity contribution is 7.10. The standard InChI is InChI=1S/C12H19NO2S/c1-9(10-4-5-15-8-10)13-7-11(14)12-3-2-6-16-12/h2-3,6,9-11,13-14H,4-5,7-8H2,1H3. The summed E-state index contributed by atoms with van der Waals surface area (Å²) in [5, 5.41) is 15.3. The van der Waals surface area contributed by atoms with Gasteiger partial charge in [-0.1, -0.05) is 6.07 Å². The molecule has 0 spiro atoms. The Labute approximate surface area is 100 Å². The summed E-state index contributed by atoms with van der Waals surface area (Å²) in [6.45, 7) is 4.52. The van der Waals surface area contributed by atoms with Crippen molar-refractivity contribution in [3.63, 3.8) is 0 Å². The molecule has 0 saturated carbocycles. The van der Waals surface area contributed by atoms with E-state index in [-0.39, 0.29) is 6.10 Å². The van der Waals surface area contributed by atoms with Crippen LogP contribution in [0.3, 0.4) is 0 Å². The van der Waals surface area contributed by atoms with Crippen LogP contribution < -0.4 is 5.32 Å². The van der Waals surface area contributed by atoms with Gasteiger partial charge in [-0.3, -0.25) is 0 Å².